The fourth-order valence-electron chi connectivity index (χ4n) is 4.62. The van der Waals surface area contributed by atoms with E-state index in [2.05, 4.69) is 40.4 Å². The van der Waals surface area contributed by atoms with Gasteiger partial charge in [-0.25, -0.2) is 9.71 Å². The lowest BCUT2D eigenvalue weighted by Gasteiger charge is -2.33. The van der Waals surface area contributed by atoms with Gasteiger partial charge in [-0.05, 0) is 62.6 Å². The van der Waals surface area contributed by atoms with Crippen LogP contribution in [0.25, 0.3) is 0 Å². The van der Waals surface area contributed by atoms with Crippen molar-refractivity contribution >= 4 is 33.3 Å². The first-order valence-corrected chi connectivity index (χ1v) is 13.6. The summed E-state index contributed by atoms with van der Waals surface area (Å²) in [6.45, 7) is 7.07. The molecular formula is C26H29ClN4O5S. The number of aromatic nitrogens is 2. The van der Waals surface area contributed by atoms with E-state index >= 15 is 0 Å². The molecule has 3 heterocycles. The summed E-state index contributed by atoms with van der Waals surface area (Å²) in [5, 5.41) is 0.157. The van der Waals surface area contributed by atoms with Gasteiger partial charge in [0, 0.05) is 34.9 Å². The number of carbonyl (C=O) groups is 1. The van der Waals surface area contributed by atoms with Gasteiger partial charge in [0.25, 0.3) is 15.9 Å². The van der Waals surface area contributed by atoms with Crippen LogP contribution >= 0.6 is 11.6 Å². The minimum atomic E-state index is -4.30. The third-order valence-corrected chi connectivity index (χ3v) is 7.65. The maximum absolute atomic E-state index is 13.2. The van der Waals surface area contributed by atoms with E-state index in [1.54, 1.807) is 36.5 Å². The van der Waals surface area contributed by atoms with Gasteiger partial charge in [-0.1, -0.05) is 24.6 Å². The van der Waals surface area contributed by atoms with Gasteiger partial charge in [0.15, 0.2) is 5.03 Å². The Morgan fingerprint density at radius 1 is 1.22 bits per heavy atom. The number of nitrogens with one attached hydrogen (secondary N) is 1. The molecule has 3 aromatic rings. The molecule has 4 rings (SSSR count). The lowest BCUT2D eigenvalue weighted by Crippen LogP contribution is -2.41. The molecule has 37 heavy (non-hydrogen) atoms. The predicted octanol–water partition coefficient (Wildman–Crippen LogP) is 4.46. The van der Waals surface area contributed by atoms with Crippen molar-refractivity contribution in [2.45, 2.75) is 44.4 Å². The molecule has 0 radical (unpaired) electrons. The van der Waals surface area contributed by atoms with Crippen LogP contribution in [-0.2, 0) is 16.6 Å². The number of hydrogen-bond acceptors (Lipinski definition) is 8. The van der Waals surface area contributed by atoms with Crippen LogP contribution in [-0.4, -0.2) is 43.5 Å². The minimum Gasteiger partial charge on any atom is -0.496 e. The van der Waals surface area contributed by atoms with Crippen LogP contribution in [0.4, 0.5) is 5.82 Å². The molecule has 2 aromatic heterocycles. The van der Waals surface area contributed by atoms with Crippen molar-refractivity contribution in [1.82, 2.24) is 14.7 Å². The zero-order chi connectivity index (χ0) is 26.8. The Labute approximate surface area is 221 Å². The van der Waals surface area contributed by atoms with Gasteiger partial charge in [0.05, 0.1) is 12.7 Å². The van der Waals surface area contributed by atoms with E-state index in [1.807, 2.05) is 0 Å². The SMILES string of the molecule is COc1ccc(Cl)cc1COc1cccc(S(=O)(=O)NC(=O)c2cccnc2N2CC(C)CC2(C)C)n1. The number of sulfonamides is 1. The van der Waals surface area contributed by atoms with Gasteiger partial charge >= 0.3 is 0 Å². The average molecular weight is 545 g/mol. The summed E-state index contributed by atoms with van der Waals surface area (Å²) in [6.07, 6.45) is 2.53. The Bertz CT molecular complexity index is 1410. The molecule has 1 unspecified atom stereocenters. The van der Waals surface area contributed by atoms with Crippen LogP contribution in [0.5, 0.6) is 11.6 Å². The predicted molar refractivity (Wildman–Crippen MR) is 141 cm³/mol. The fraction of sp³-hybridized carbons (Fsp3) is 0.346. The van der Waals surface area contributed by atoms with Gasteiger partial charge in [-0.3, -0.25) is 4.79 Å². The first-order valence-electron chi connectivity index (χ1n) is 11.7. The maximum atomic E-state index is 13.2. The molecule has 1 N–H and O–H groups in total. The standard InChI is InChI=1S/C26H29ClN4O5S/c1-17-14-26(2,3)31(15-17)24-20(7-6-12-28-24)25(32)30-37(33,34)23-9-5-8-22(29-23)36-16-18-13-19(27)10-11-21(18)35-4/h5-13,17H,14-16H2,1-4H3,(H,30,32). The highest BCUT2D eigenvalue weighted by molar-refractivity contribution is 7.90. The van der Waals surface area contributed by atoms with Crippen LogP contribution in [0.3, 0.4) is 0 Å². The van der Waals surface area contributed by atoms with Gasteiger partial charge < -0.3 is 14.4 Å². The van der Waals surface area contributed by atoms with Crippen LogP contribution in [0, 0.1) is 5.92 Å². The monoisotopic (exact) mass is 544 g/mol. The molecule has 196 valence electrons. The molecule has 1 atom stereocenters. The smallest absolute Gasteiger partial charge is 0.281 e. The molecule has 0 spiro atoms. The number of rotatable bonds is 8. The molecule has 0 bridgehead atoms. The molecule has 9 nitrogen and oxygen atoms in total. The van der Waals surface area contributed by atoms with Crippen molar-refractivity contribution < 1.29 is 22.7 Å². The van der Waals surface area contributed by atoms with Crippen molar-refractivity contribution in [3.8, 4) is 11.6 Å². The topological polar surface area (TPSA) is 111 Å². The Hall–Kier alpha value is -3.37. The molecule has 1 aliphatic rings. The molecule has 0 saturated carbocycles. The fourth-order valence-corrected chi connectivity index (χ4v) is 5.74. The first kappa shape index (κ1) is 26.7. The number of anilines is 1. The summed E-state index contributed by atoms with van der Waals surface area (Å²) < 4.78 is 39.3. The van der Waals surface area contributed by atoms with Crippen LogP contribution in [0.2, 0.25) is 5.02 Å². The van der Waals surface area contributed by atoms with Crippen molar-refractivity contribution in [2.75, 3.05) is 18.6 Å². The third-order valence-electron chi connectivity index (χ3n) is 6.18. The largest absolute Gasteiger partial charge is 0.496 e. The molecule has 1 amide bonds. The number of amides is 1. The van der Waals surface area contributed by atoms with Gasteiger partial charge in [0.2, 0.25) is 5.88 Å². The van der Waals surface area contributed by atoms with Crippen molar-refractivity contribution in [2.24, 2.45) is 5.92 Å². The second-order valence-corrected chi connectivity index (χ2v) is 11.7. The zero-order valence-corrected chi connectivity index (χ0v) is 22.6. The lowest BCUT2D eigenvalue weighted by atomic mass is 9.97. The Morgan fingerprint density at radius 2 is 2.00 bits per heavy atom. The number of pyridine rings is 2. The molecular weight excluding hydrogens is 516 g/mol. The number of carbonyl (C=O) groups excluding carboxylic acids is 1. The van der Waals surface area contributed by atoms with Crippen molar-refractivity contribution in [3.05, 3.63) is 70.9 Å². The summed E-state index contributed by atoms with van der Waals surface area (Å²) in [5.41, 5.74) is 0.621. The van der Waals surface area contributed by atoms with Crippen molar-refractivity contribution in [3.63, 3.8) is 0 Å². The second kappa shape index (κ2) is 10.5. The summed E-state index contributed by atoms with van der Waals surface area (Å²) in [5.74, 6) is 0.714. The molecule has 1 saturated heterocycles. The average Bonchev–Trinajstić information content (AvgIpc) is 3.14. The van der Waals surface area contributed by atoms with Crippen LogP contribution < -0.4 is 19.1 Å². The number of ether oxygens (including phenoxy) is 2. The van der Waals surface area contributed by atoms with Gasteiger partial charge in [-0.2, -0.15) is 13.4 Å². The second-order valence-electron chi connectivity index (χ2n) is 9.60. The van der Waals surface area contributed by atoms with E-state index < -0.39 is 15.9 Å². The summed E-state index contributed by atoms with van der Waals surface area (Å²) in [6, 6.07) is 12.6. The Kier molecular flexibility index (Phi) is 7.61. The summed E-state index contributed by atoms with van der Waals surface area (Å²) in [4.78, 5) is 23.7. The van der Waals surface area contributed by atoms with Crippen LogP contribution in [0.1, 0.15) is 43.1 Å². The van der Waals surface area contributed by atoms with Crippen LogP contribution in [0.15, 0.2) is 59.8 Å². The number of methoxy groups -OCH3 is 1. The number of halogens is 1. The lowest BCUT2D eigenvalue weighted by molar-refractivity contribution is 0.0981. The Balaban J connectivity index is 1.53. The normalized spacial score (nSPS) is 16.9. The Morgan fingerprint density at radius 3 is 2.70 bits per heavy atom. The van der Waals surface area contributed by atoms with Crippen molar-refractivity contribution in [1.29, 1.82) is 0 Å². The molecule has 0 aliphatic carbocycles. The highest BCUT2D eigenvalue weighted by Crippen LogP contribution is 2.37. The first-order chi connectivity index (χ1) is 17.5. The van der Waals surface area contributed by atoms with E-state index in [4.69, 9.17) is 21.1 Å². The molecule has 1 aliphatic heterocycles. The molecule has 1 fully saturated rings. The molecule has 11 heteroatoms. The van der Waals surface area contributed by atoms with E-state index in [-0.39, 0.29) is 28.6 Å². The van der Waals surface area contributed by atoms with E-state index in [9.17, 15) is 13.2 Å². The number of benzene rings is 1. The highest BCUT2D eigenvalue weighted by atomic mass is 35.5. The van der Waals surface area contributed by atoms with Gasteiger partial charge in [-0.15, -0.1) is 0 Å². The molecule has 1 aromatic carbocycles. The number of hydrogen-bond donors (Lipinski definition) is 1. The zero-order valence-electron chi connectivity index (χ0n) is 21.1. The summed E-state index contributed by atoms with van der Waals surface area (Å²) >= 11 is 6.06. The maximum Gasteiger partial charge on any atom is 0.281 e. The summed E-state index contributed by atoms with van der Waals surface area (Å²) in [7, 11) is -2.77. The minimum absolute atomic E-state index is 0.0513. The van der Waals surface area contributed by atoms with Gasteiger partial charge in [0.1, 0.15) is 18.2 Å². The highest BCUT2D eigenvalue weighted by Gasteiger charge is 2.39. The number of nitrogens with zero attached hydrogens (tertiary/aromatic N) is 3. The quantitative estimate of drug-likeness (QED) is 0.442. The van der Waals surface area contributed by atoms with E-state index in [0.717, 1.165) is 13.0 Å². The van der Waals surface area contributed by atoms with E-state index in [0.29, 0.717) is 28.1 Å². The van der Waals surface area contributed by atoms with E-state index in [1.165, 1.54) is 25.3 Å². The third kappa shape index (κ3) is 5.97.